The van der Waals surface area contributed by atoms with Gasteiger partial charge >= 0.3 is 12.0 Å². The van der Waals surface area contributed by atoms with Crippen LogP contribution >= 0.6 is 0 Å². The van der Waals surface area contributed by atoms with Crippen LogP contribution in [-0.2, 0) is 11.3 Å². The number of furan rings is 1. The third-order valence-electron chi connectivity index (χ3n) is 3.66. The Morgan fingerprint density at radius 2 is 2.25 bits per heavy atom. The number of urea groups is 1. The number of nitrogens with zero attached hydrogens (tertiary/aromatic N) is 1. The molecule has 0 saturated carbocycles. The number of hydrogen-bond donors (Lipinski definition) is 2. The fourth-order valence-corrected chi connectivity index (χ4v) is 2.55. The smallest absolute Gasteiger partial charge is 0.317 e. The zero-order valence-corrected chi connectivity index (χ0v) is 11.8. The first-order valence-electron chi connectivity index (χ1n) is 6.76. The van der Waals surface area contributed by atoms with E-state index < -0.39 is 11.9 Å². The van der Waals surface area contributed by atoms with Gasteiger partial charge in [-0.25, -0.2) is 4.79 Å². The Morgan fingerprint density at radius 1 is 1.50 bits per heavy atom. The number of hydrogen-bond acceptors (Lipinski definition) is 3. The van der Waals surface area contributed by atoms with Crippen molar-refractivity contribution in [3.63, 3.8) is 0 Å². The Kier molecular flexibility index (Phi) is 4.32. The number of carboxylic acid groups (broad SMARTS) is 1. The molecule has 110 valence electrons. The van der Waals surface area contributed by atoms with E-state index in [0.717, 1.165) is 11.3 Å². The third kappa shape index (κ3) is 3.31. The predicted molar refractivity (Wildman–Crippen MR) is 72.2 cm³/mol. The first kappa shape index (κ1) is 14.4. The van der Waals surface area contributed by atoms with Crippen molar-refractivity contribution in [2.45, 2.75) is 26.8 Å². The Morgan fingerprint density at radius 3 is 2.85 bits per heavy atom. The van der Waals surface area contributed by atoms with Crippen molar-refractivity contribution >= 4 is 12.0 Å². The molecule has 1 aliphatic rings. The van der Waals surface area contributed by atoms with Crippen LogP contribution in [0.3, 0.4) is 0 Å². The standard InChI is InChI=1S/C14H20N2O4/c1-9-5-11(13(17)18)8-16(7-9)14(19)15-6-12-10(2)3-4-20-12/h3-4,9,11H,5-8H2,1-2H3,(H,15,19)(H,17,18). The van der Waals surface area contributed by atoms with Gasteiger partial charge in [0.2, 0.25) is 0 Å². The van der Waals surface area contributed by atoms with Crippen molar-refractivity contribution in [1.82, 2.24) is 10.2 Å². The lowest BCUT2D eigenvalue weighted by Gasteiger charge is -2.34. The topological polar surface area (TPSA) is 82.8 Å². The number of carbonyl (C=O) groups is 2. The Hall–Kier alpha value is -1.98. The molecule has 0 aliphatic carbocycles. The van der Waals surface area contributed by atoms with Crippen LogP contribution in [-0.4, -0.2) is 35.1 Å². The number of carbonyl (C=O) groups excluding carboxylic acids is 1. The summed E-state index contributed by atoms with van der Waals surface area (Å²) in [6, 6.07) is 1.60. The highest BCUT2D eigenvalue weighted by Gasteiger charge is 2.31. The molecule has 1 fully saturated rings. The minimum Gasteiger partial charge on any atom is -0.481 e. The molecule has 2 unspecified atom stereocenters. The molecular formula is C14H20N2O4. The second-order valence-corrected chi connectivity index (χ2v) is 5.47. The number of likely N-dealkylation sites (tertiary alicyclic amines) is 1. The van der Waals surface area contributed by atoms with E-state index in [1.165, 1.54) is 0 Å². The molecule has 0 bridgehead atoms. The number of amides is 2. The summed E-state index contributed by atoms with van der Waals surface area (Å²) in [4.78, 5) is 24.8. The van der Waals surface area contributed by atoms with Gasteiger partial charge in [0.25, 0.3) is 0 Å². The fourth-order valence-electron chi connectivity index (χ4n) is 2.55. The number of nitrogens with one attached hydrogen (secondary N) is 1. The molecule has 1 aromatic rings. The molecule has 20 heavy (non-hydrogen) atoms. The molecule has 2 atom stereocenters. The summed E-state index contributed by atoms with van der Waals surface area (Å²) in [5.41, 5.74) is 0.987. The minimum absolute atomic E-state index is 0.195. The van der Waals surface area contributed by atoms with E-state index in [2.05, 4.69) is 5.32 Å². The molecule has 1 saturated heterocycles. The second-order valence-electron chi connectivity index (χ2n) is 5.47. The fraction of sp³-hybridized carbons (Fsp3) is 0.571. The van der Waals surface area contributed by atoms with E-state index in [-0.39, 0.29) is 18.5 Å². The molecular weight excluding hydrogens is 260 g/mol. The lowest BCUT2D eigenvalue weighted by atomic mass is 9.91. The van der Waals surface area contributed by atoms with E-state index in [0.29, 0.717) is 19.5 Å². The van der Waals surface area contributed by atoms with Gasteiger partial charge < -0.3 is 19.7 Å². The van der Waals surface area contributed by atoms with Crippen LogP contribution < -0.4 is 5.32 Å². The molecule has 1 aliphatic heterocycles. The lowest BCUT2D eigenvalue weighted by Crippen LogP contribution is -2.49. The zero-order valence-electron chi connectivity index (χ0n) is 11.8. The van der Waals surface area contributed by atoms with Crippen LogP contribution in [0.1, 0.15) is 24.7 Å². The lowest BCUT2D eigenvalue weighted by molar-refractivity contribution is -0.143. The van der Waals surface area contributed by atoms with Crippen LogP contribution in [0.15, 0.2) is 16.7 Å². The van der Waals surface area contributed by atoms with Gasteiger partial charge in [-0.05, 0) is 30.9 Å². The maximum atomic E-state index is 12.1. The largest absolute Gasteiger partial charge is 0.481 e. The summed E-state index contributed by atoms with van der Waals surface area (Å²) < 4.78 is 5.26. The monoisotopic (exact) mass is 280 g/mol. The summed E-state index contributed by atoms with van der Waals surface area (Å²) in [5.74, 6) is -0.398. The zero-order chi connectivity index (χ0) is 14.7. The minimum atomic E-state index is -0.837. The molecule has 0 radical (unpaired) electrons. The van der Waals surface area contributed by atoms with Gasteiger partial charge in [-0.2, -0.15) is 0 Å². The van der Waals surface area contributed by atoms with Crippen LogP contribution in [0, 0.1) is 18.8 Å². The highest BCUT2D eigenvalue weighted by molar-refractivity contribution is 5.76. The summed E-state index contributed by atoms with van der Waals surface area (Å²) in [6.45, 7) is 5.05. The Labute approximate surface area is 117 Å². The van der Waals surface area contributed by atoms with Crippen molar-refractivity contribution in [1.29, 1.82) is 0 Å². The molecule has 2 N–H and O–H groups in total. The summed E-state index contributed by atoms with van der Waals surface area (Å²) in [7, 11) is 0. The van der Waals surface area contributed by atoms with Gasteiger partial charge in [-0.15, -0.1) is 0 Å². The highest BCUT2D eigenvalue weighted by atomic mass is 16.4. The van der Waals surface area contributed by atoms with Crippen molar-refractivity contribution in [2.24, 2.45) is 11.8 Å². The van der Waals surface area contributed by atoms with E-state index >= 15 is 0 Å². The third-order valence-corrected chi connectivity index (χ3v) is 3.66. The van der Waals surface area contributed by atoms with Crippen molar-refractivity contribution < 1.29 is 19.1 Å². The molecule has 6 heteroatoms. The van der Waals surface area contributed by atoms with Crippen LogP contribution in [0.2, 0.25) is 0 Å². The summed E-state index contributed by atoms with van der Waals surface area (Å²) >= 11 is 0. The van der Waals surface area contributed by atoms with Gasteiger partial charge in [0.1, 0.15) is 5.76 Å². The van der Waals surface area contributed by atoms with Crippen LogP contribution in [0.4, 0.5) is 4.79 Å². The molecule has 0 spiro atoms. The van der Waals surface area contributed by atoms with Crippen molar-refractivity contribution in [3.05, 3.63) is 23.7 Å². The maximum absolute atomic E-state index is 12.1. The predicted octanol–water partition coefficient (Wildman–Crippen LogP) is 1.84. The van der Waals surface area contributed by atoms with Crippen LogP contribution in [0.5, 0.6) is 0 Å². The van der Waals surface area contributed by atoms with Gasteiger partial charge in [-0.1, -0.05) is 6.92 Å². The first-order chi connectivity index (χ1) is 9.47. The number of aliphatic carboxylic acids is 1. The molecule has 1 aromatic heterocycles. The average Bonchev–Trinajstić information content (AvgIpc) is 2.80. The van der Waals surface area contributed by atoms with Gasteiger partial charge in [-0.3, -0.25) is 4.79 Å². The maximum Gasteiger partial charge on any atom is 0.317 e. The number of rotatable bonds is 3. The van der Waals surface area contributed by atoms with Crippen molar-refractivity contribution in [3.8, 4) is 0 Å². The summed E-state index contributed by atoms with van der Waals surface area (Å²) in [6.07, 6.45) is 2.21. The van der Waals surface area contributed by atoms with Gasteiger partial charge in [0, 0.05) is 13.1 Å². The summed E-state index contributed by atoms with van der Waals surface area (Å²) in [5, 5.41) is 11.9. The van der Waals surface area contributed by atoms with E-state index in [1.807, 2.05) is 19.9 Å². The molecule has 2 rings (SSSR count). The number of carboxylic acids is 1. The van der Waals surface area contributed by atoms with Gasteiger partial charge in [0.15, 0.2) is 0 Å². The highest BCUT2D eigenvalue weighted by Crippen LogP contribution is 2.21. The SMILES string of the molecule is Cc1ccoc1CNC(=O)N1CC(C)CC(C(=O)O)C1. The molecule has 2 heterocycles. The second kappa shape index (κ2) is 5.98. The normalized spacial score (nSPS) is 22.6. The first-order valence-corrected chi connectivity index (χ1v) is 6.76. The van der Waals surface area contributed by atoms with E-state index in [4.69, 9.17) is 9.52 Å². The number of aryl methyl sites for hydroxylation is 1. The van der Waals surface area contributed by atoms with E-state index in [9.17, 15) is 9.59 Å². The Bertz CT molecular complexity index is 497. The van der Waals surface area contributed by atoms with Crippen molar-refractivity contribution in [2.75, 3.05) is 13.1 Å². The molecule has 6 nitrogen and oxygen atoms in total. The number of piperidine rings is 1. The Balaban J connectivity index is 1.91. The quantitative estimate of drug-likeness (QED) is 0.885. The van der Waals surface area contributed by atoms with Gasteiger partial charge in [0.05, 0.1) is 18.7 Å². The molecule has 2 amide bonds. The van der Waals surface area contributed by atoms with Crippen LogP contribution in [0.25, 0.3) is 0 Å². The van der Waals surface area contributed by atoms with E-state index in [1.54, 1.807) is 11.2 Å². The average molecular weight is 280 g/mol. The molecule has 0 aromatic carbocycles.